The Morgan fingerprint density at radius 1 is 1.29 bits per heavy atom. The third-order valence-corrected chi connectivity index (χ3v) is 2.72. The first kappa shape index (κ1) is 14.4. The molecule has 0 aliphatic carbocycles. The van der Waals surface area contributed by atoms with Gasteiger partial charge in [0, 0.05) is 11.7 Å². The molecule has 1 rings (SSSR count). The number of hydrogen-bond acceptors (Lipinski definition) is 2. The van der Waals surface area contributed by atoms with E-state index in [0.29, 0.717) is 15.7 Å². The van der Waals surface area contributed by atoms with Crippen LogP contribution in [-0.4, -0.2) is 17.8 Å². The Balaban J connectivity index is 2.98. The van der Waals surface area contributed by atoms with E-state index in [1.807, 2.05) is 13.8 Å². The zero-order valence-electron chi connectivity index (χ0n) is 9.48. The zero-order chi connectivity index (χ0) is 13.0. The summed E-state index contributed by atoms with van der Waals surface area (Å²) < 4.78 is 0. The molecule has 6 heteroatoms. The third-order valence-electron chi connectivity index (χ3n) is 1.88. The van der Waals surface area contributed by atoms with Crippen molar-refractivity contribution in [3.8, 4) is 0 Å². The quantitative estimate of drug-likeness (QED) is 0.825. The van der Waals surface area contributed by atoms with Gasteiger partial charge in [-0.15, -0.1) is 11.6 Å². The molecule has 3 nitrogen and oxygen atoms in total. The van der Waals surface area contributed by atoms with Gasteiger partial charge in [0.15, 0.2) is 0 Å². The lowest BCUT2D eigenvalue weighted by atomic mass is 10.2. The van der Waals surface area contributed by atoms with Gasteiger partial charge < -0.3 is 10.6 Å². The summed E-state index contributed by atoms with van der Waals surface area (Å²) >= 11 is 17.5. The number of amides is 1. The van der Waals surface area contributed by atoms with E-state index >= 15 is 0 Å². The summed E-state index contributed by atoms with van der Waals surface area (Å²) in [5.74, 6) is -0.487. The van der Waals surface area contributed by atoms with Crippen molar-refractivity contribution >= 4 is 52.1 Å². The fourth-order valence-electron chi connectivity index (χ4n) is 1.28. The summed E-state index contributed by atoms with van der Waals surface area (Å²) in [5.41, 5.74) is 1.19. The van der Waals surface area contributed by atoms with E-state index in [4.69, 9.17) is 34.8 Å². The van der Waals surface area contributed by atoms with Crippen LogP contribution in [0.25, 0.3) is 0 Å². The van der Waals surface area contributed by atoms with Gasteiger partial charge in [-0.3, -0.25) is 4.79 Å². The molecule has 17 heavy (non-hydrogen) atoms. The molecular formula is C11H13Cl3N2O. The molecule has 0 aromatic heterocycles. The van der Waals surface area contributed by atoms with Crippen LogP contribution in [-0.2, 0) is 4.79 Å². The highest BCUT2D eigenvalue weighted by Gasteiger charge is 2.11. The molecule has 0 aliphatic rings. The van der Waals surface area contributed by atoms with Crippen LogP contribution < -0.4 is 10.6 Å². The lowest BCUT2D eigenvalue weighted by molar-refractivity contribution is -0.113. The second kappa shape index (κ2) is 6.34. The van der Waals surface area contributed by atoms with Crippen LogP contribution in [0, 0.1) is 0 Å². The van der Waals surface area contributed by atoms with E-state index in [1.54, 1.807) is 12.1 Å². The number of halogens is 3. The number of alkyl halides is 1. The monoisotopic (exact) mass is 294 g/mol. The Morgan fingerprint density at radius 3 is 2.24 bits per heavy atom. The first-order valence-corrected chi connectivity index (χ1v) is 6.34. The van der Waals surface area contributed by atoms with E-state index in [1.165, 1.54) is 0 Å². The topological polar surface area (TPSA) is 41.1 Å². The van der Waals surface area contributed by atoms with Gasteiger partial charge in [0.25, 0.3) is 0 Å². The molecular weight excluding hydrogens is 282 g/mol. The number of carbonyl (C=O) groups is 1. The predicted octanol–water partition coefficient (Wildman–Crippen LogP) is 3.99. The first-order chi connectivity index (χ1) is 7.93. The predicted molar refractivity (Wildman–Crippen MR) is 74.6 cm³/mol. The number of hydrogen-bond donors (Lipinski definition) is 2. The summed E-state index contributed by atoms with van der Waals surface area (Å²) in [6, 6.07) is 3.68. The van der Waals surface area contributed by atoms with Gasteiger partial charge in [-0.1, -0.05) is 23.2 Å². The molecule has 0 heterocycles. The highest BCUT2D eigenvalue weighted by atomic mass is 35.5. The Labute approximate surface area is 115 Å². The summed E-state index contributed by atoms with van der Waals surface area (Å²) in [6.45, 7) is 4.01. The zero-order valence-corrected chi connectivity index (χ0v) is 11.7. The van der Waals surface area contributed by atoms with Crippen molar-refractivity contribution in [1.82, 2.24) is 0 Å². The second-order valence-corrected chi connectivity index (χ2v) is 4.88. The maximum absolute atomic E-state index is 11.2. The fourth-order valence-corrected chi connectivity index (χ4v) is 1.93. The van der Waals surface area contributed by atoms with E-state index in [2.05, 4.69) is 10.6 Å². The summed E-state index contributed by atoms with van der Waals surface area (Å²) in [4.78, 5) is 11.2. The second-order valence-electron chi connectivity index (χ2n) is 3.80. The summed E-state index contributed by atoms with van der Waals surface area (Å²) in [7, 11) is 0. The van der Waals surface area contributed by atoms with Crippen molar-refractivity contribution < 1.29 is 4.79 Å². The molecule has 1 aromatic carbocycles. The van der Waals surface area contributed by atoms with Crippen molar-refractivity contribution in [3.63, 3.8) is 0 Å². The smallest absolute Gasteiger partial charge is 0.239 e. The summed E-state index contributed by atoms with van der Waals surface area (Å²) in [6.07, 6.45) is 0. The van der Waals surface area contributed by atoms with Crippen molar-refractivity contribution in [1.29, 1.82) is 0 Å². The van der Waals surface area contributed by atoms with Gasteiger partial charge in [-0.25, -0.2) is 0 Å². The minimum absolute atomic E-state index is 0.140. The Morgan fingerprint density at radius 2 is 1.82 bits per heavy atom. The van der Waals surface area contributed by atoms with Crippen molar-refractivity contribution in [2.45, 2.75) is 19.9 Å². The Bertz CT molecular complexity index is 398. The molecule has 0 saturated carbocycles. The van der Waals surface area contributed by atoms with Gasteiger partial charge in [-0.2, -0.15) is 0 Å². The lowest BCUT2D eigenvalue weighted by Crippen LogP contribution is -2.14. The van der Waals surface area contributed by atoms with Crippen molar-refractivity contribution in [3.05, 3.63) is 22.2 Å². The van der Waals surface area contributed by atoms with Gasteiger partial charge in [0.2, 0.25) is 5.91 Å². The average molecular weight is 296 g/mol. The van der Waals surface area contributed by atoms with Crippen LogP contribution >= 0.6 is 34.8 Å². The average Bonchev–Trinajstić information content (AvgIpc) is 2.22. The molecule has 0 fully saturated rings. The molecule has 94 valence electrons. The number of rotatable bonds is 4. The van der Waals surface area contributed by atoms with E-state index in [9.17, 15) is 4.79 Å². The molecule has 0 unspecified atom stereocenters. The van der Waals surface area contributed by atoms with Crippen LogP contribution in [0.15, 0.2) is 12.1 Å². The maximum Gasteiger partial charge on any atom is 0.239 e. The van der Waals surface area contributed by atoms with Crippen LogP contribution in [0.3, 0.4) is 0 Å². The largest absolute Gasteiger partial charge is 0.383 e. The lowest BCUT2D eigenvalue weighted by Gasteiger charge is -2.14. The number of carbonyl (C=O) groups excluding carboxylic acids is 1. The summed E-state index contributed by atoms with van der Waals surface area (Å²) in [5, 5.41) is 6.47. The van der Waals surface area contributed by atoms with Crippen LogP contribution in [0.5, 0.6) is 0 Å². The van der Waals surface area contributed by atoms with E-state index in [0.717, 1.165) is 5.69 Å². The molecule has 0 spiro atoms. The number of benzene rings is 1. The SMILES string of the molecule is CC(C)Nc1cc(Cl)c(NC(=O)CCl)c(Cl)c1. The van der Waals surface area contributed by atoms with Crippen molar-refractivity contribution in [2.24, 2.45) is 0 Å². The molecule has 0 atom stereocenters. The van der Waals surface area contributed by atoms with Crippen LogP contribution in [0.4, 0.5) is 11.4 Å². The molecule has 0 radical (unpaired) electrons. The molecule has 1 aromatic rings. The Kier molecular flexibility index (Phi) is 5.37. The van der Waals surface area contributed by atoms with E-state index in [-0.39, 0.29) is 17.8 Å². The highest BCUT2D eigenvalue weighted by Crippen LogP contribution is 2.34. The fraction of sp³-hybridized carbons (Fsp3) is 0.364. The highest BCUT2D eigenvalue weighted by molar-refractivity contribution is 6.40. The molecule has 0 saturated heterocycles. The molecule has 2 N–H and O–H groups in total. The van der Waals surface area contributed by atoms with Crippen molar-refractivity contribution in [2.75, 3.05) is 16.5 Å². The molecule has 1 amide bonds. The third kappa shape index (κ3) is 4.26. The van der Waals surface area contributed by atoms with E-state index < -0.39 is 0 Å². The maximum atomic E-state index is 11.2. The van der Waals surface area contributed by atoms with Crippen LogP contribution in [0.2, 0.25) is 10.0 Å². The van der Waals surface area contributed by atoms with Gasteiger partial charge in [-0.05, 0) is 26.0 Å². The minimum Gasteiger partial charge on any atom is -0.383 e. The van der Waals surface area contributed by atoms with Gasteiger partial charge >= 0.3 is 0 Å². The molecule has 0 aliphatic heterocycles. The Hall–Kier alpha value is -0.640. The van der Waals surface area contributed by atoms with Crippen LogP contribution in [0.1, 0.15) is 13.8 Å². The van der Waals surface area contributed by atoms with Gasteiger partial charge in [0.05, 0.1) is 15.7 Å². The standard InChI is InChI=1S/C11H13Cl3N2O/c1-6(2)15-7-3-8(13)11(9(14)4-7)16-10(17)5-12/h3-4,6,15H,5H2,1-2H3,(H,16,17). The normalized spacial score (nSPS) is 10.5. The number of nitrogens with one attached hydrogen (secondary N) is 2. The number of anilines is 2. The minimum atomic E-state index is -0.347. The van der Waals surface area contributed by atoms with Gasteiger partial charge in [0.1, 0.15) is 5.88 Å². The first-order valence-electron chi connectivity index (χ1n) is 5.05. The molecule has 0 bridgehead atoms.